The van der Waals surface area contributed by atoms with Gasteiger partial charge >= 0.3 is 0 Å². The molecule has 0 amide bonds. The Balaban J connectivity index is 1.84. The van der Waals surface area contributed by atoms with E-state index in [2.05, 4.69) is 0 Å². The van der Waals surface area contributed by atoms with Crippen LogP contribution in [0.5, 0.6) is 5.75 Å². The van der Waals surface area contributed by atoms with E-state index in [1.54, 1.807) is 17.7 Å². The Morgan fingerprint density at radius 3 is 2.32 bits per heavy atom. The maximum absolute atomic E-state index is 13.4. The average molecular weight is 367 g/mol. The van der Waals surface area contributed by atoms with Crippen LogP contribution < -0.4 is 10.3 Å². The Kier molecular flexibility index (Phi) is 3.66. The van der Waals surface area contributed by atoms with Crippen LogP contribution in [0, 0.1) is 0 Å². The van der Waals surface area contributed by atoms with Crippen LogP contribution >= 0.6 is 0 Å². The van der Waals surface area contributed by atoms with E-state index in [4.69, 9.17) is 4.74 Å². The molecule has 136 valence electrons. The van der Waals surface area contributed by atoms with Crippen molar-refractivity contribution in [2.45, 2.75) is 6.54 Å². The first-order valence-corrected chi connectivity index (χ1v) is 9.11. The molecule has 0 bridgehead atoms. The fourth-order valence-corrected chi connectivity index (χ4v) is 4.03. The molecule has 1 aliphatic rings. The predicted molar refractivity (Wildman–Crippen MR) is 109 cm³/mol. The van der Waals surface area contributed by atoms with Crippen LogP contribution in [-0.2, 0) is 6.54 Å². The van der Waals surface area contributed by atoms with Gasteiger partial charge in [-0.25, -0.2) is 0 Å². The Bertz CT molecular complexity index is 1320. The molecule has 28 heavy (non-hydrogen) atoms. The molecule has 1 aliphatic carbocycles. The van der Waals surface area contributed by atoms with Crippen molar-refractivity contribution in [3.8, 4) is 17.0 Å². The van der Waals surface area contributed by atoms with E-state index < -0.39 is 0 Å². The number of carbonyl (C=O) groups is 1. The van der Waals surface area contributed by atoms with Crippen molar-refractivity contribution in [2.75, 3.05) is 7.11 Å². The molecule has 4 nitrogen and oxygen atoms in total. The van der Waals surface area contributed by atoms with E-state index >= 15 is 0 Å². The highest BCUT2D eigenvalue weighted by molar-refractivity contribution is 6.26. The number of methoxy groups -OCH3 is 1. The number of ketones is 1. The van der Waals surface area contributed by atoms with E-state index in [9.17, 15) is 9.59 Å². The molecule has 4 aromatic rings. The van der Waals surface area contributed by atoms with E-state index in [0.29, 0.717) is 34.1 Å². The number of pyridine rings is 1. The third-order valence-electron chi connectivity index (χ3n) is 5.31. The zero-order chi connectivity index (χ0) is 19.3. The average Bonchev–Trinajstić information content (AvgIpc) is 3.04. The van der Waals surface area contributed by atoms with Crippen molar-refractivity contribution < 1.29 is 9.53 Å². The first kappa shape index (κ1) is 16.5. The molecule has 0 saturated heterocycles. The largest absolute Gasteiger partial charge is 0.497 e. The molecule has 0 atom stereocenters. The van der Waals surface area contributed by atoms with Gasteiger partial charge in [0.15, 0.2) is 5.78 Å². The maximum atomic E-state index is 13.4. The number of hydrogen-bond donors (Lipinski definition) is 0. The van der Waals surface area contributed by atoms with Gasteiger partial charge in [-0.2, -0.15) is 0 Å². The first-order valence-electron chi connectivity index (χ1n) is 9.11. The molecule has 0 N–H and O–H groups in total. The zero-order valence-electron chi connectivity index (χ0n) is 15.3. The van der Waals surface area contributed by atoms with Crippen LogP contribution in [0.1, 0.15) is 21.5 Å². The monoisotopic (exact) mass is 367 g/mol. The minimum atomic E-state index is -0.0957. The molecule has 3 aromatic carbocycles. The van der Waals surface area contributed by atoms with Gasteiger partial charge in [0.2, 0.25) is 0 Å². The minimum absolute atomic E-state index is 0.0267. The SMILES string of the molecule is COc1cccc(Cn2c3c(c4ccccc4c2=O)C(=O)c2ccccc2-3)c1. The van der Waals surface area contributed by atoms with Crippen molar-refractivity contribution in [3.63, 3.8) is 0 Å². The third-order valence-corrected chi connectivity index (χ3v) is 5.31. The highest BCUT2D eigenvalue weighted by atomic mass is 16.5. The zero-order valence-corrected chi connectivity index (χ0v) is 15.3. The lowest BCUT2D eigenvalue weighted by Gasteiger charge is -2.15. The van der Waals surface area contributed by atoms with E-state index in [1.165, 1.54) is 0 Å². The third kappa shape index (κ3) is 2.31. The lowest BCUT2D eigenvalue weighted by Crippen LogP contribution is -2.23. The van der Waals surface area contributed by atoms with Gasteiger partial charge in [-0.15, -0.1) is 0 Å². The van der Waals surface area contributed by atoms with Gasteiger partial charge in [-0.05, 0) is 23.8 Å². The lowest BCUT2D eigenvalue weighted by atomic mass is 10.0. The summed E-state index contributed by atoms with van der Waals surface area (Å²) in [5, 5.41) is 1.27. The minimum Gasteiger partial charge on any atom is -0.497 e. The molecule has 0 aliphatic heterocycles. The number of carbonyl (C=O) groups excluding carboxylic acids is 1. The van der Waals surface area contributed by atoms with E-state index in [-0.39, 0.29) is 11.3 Å². The van der Waals surface area contributed by atoms with E-state index in [1.807, 2.05) is 66.7 Å². The number of hydrogen-bond acceptors (Lipinski definition) is 3. The maximum Gasteiger partial charge on any atom is 0.259 e. The first-order chi connectivity index (χ1) is 13.7. The van der Waals surface area contributed by atoms with Crippen molar-refractivity contribution in [1.82, 2.24) is 4.57 Å². The molecule has 5 rings (SSSR count). The number of benzene rings is 3. The van der Waals surface area contributed by atoms with Crippen LogP contribution in [0.4, 0.5) is 0 Å². The predicted octanol–water partition coefficient (Wildman–Crippen LogP) is 4.27. The molecule has 0 unspecified atom stereocenters. The standard InChI is InChI=1S/C24H17NO3/c1-28-16-8-6-7-15(13-16)14-25-22-18-10-3-4-11-19(18)23(26)21(22)17-9-2-5-12-20(17)24(25)27/h2-13H,14H2,1H3. The van der Waals surface area contributed by atoms with Crippen molar-refractivity contribution in [3.05, 3.63) is 99.8 Å². The summed E-state index contributed by atoms with van der Waals surface area (Å²) in [4.78, 5) is 26.6. The van der Waals surface area contributed by atoms with Crippen molar-refractivity contribution in [1.29, 1.82) is 0 Å². The Morgan fingerprint density at radius 1 is 0.821 bits per heavy atom. The molecule has 0 saturated carbocycles. The second-order valence-electron chi connectivity index (χ2n) is 6.89. The normalized spacial score (nSPS) is 12.1. The molecule has 1 heterocycles. The number of fused-ring (bicyclic) bond motifs is 5. The summed E-state index contributed by atoms with van der Waals surface area (Å²) in [6, 6.07) is 22.5. The van der Waals surface area contributed by atoms with Gasteiger partial charge in [-0.1, -0.05) is 54.6 Å². The summed E-state index contributed by atoms with van der Waals surface area (Å²) in [6.07, 6.45) is 0. The summed E-state index contributed by atoms with van der Waals surface area (Å²) in [5.41, 5.74) is 3.62. The second kappa shape index (κ2) is 6.20. The Morgan fingerprint density at radius 2 is 1.54 bits per heavy atom. The van der Waals surface area contributed by atoms with Crippen LogP contribution in [0.2, 0.25) is 0 Å². The van der Waals surface area contributed by atoms with Crippen molar-refractivity contribution in [2.24, 2.45) is 0 Å². The number of nitrogens with zero attached hydrogens (tertiary/aromatic N) is 1. The quantitative estimate of drug-likeness (QED) is 0.478. The van der Waals surface area contributed by atoms with Gasteiger partial charge in [0.1, 0.15) is 5.75 Å². The van der Waals surface area contributed by atoms with Gasteiger partial charge in [0.05, 0.1) is 24.9 Å². The Hall–Kier alpha value is -3.66. The number of ether oxygens (including phenoxy) is 1. The fraction of sp³-hybridized carbons (Fsp3) is 0.0833. The lowest BCUT2D eigenvalue weighted by molar-refractivity contribution is 0.104. The Labute approximate surface area is 161 Å². The fourth-order valence-electron chi connectivity index (χ4n) is 4.03. The smallest absolute Gasteiger partial charge is 0.259 e. The van der Waals surface area contributed by atoms with Gasteiger partial charge in [0, 0.05) is 21.9 Å². The van der Waals surface area contributed by atoms with Crippen LogP contribution in [0.15, 0.2) is 77.6 Å². The van der Waals surface area contributed by atoms with Gasteiger partial charge in [-0.3, -0.25) is 9.59 Å². The number of rotatable bonds is 3. The molecular weight excluding hydrogens is 350 g/mol. The van der Waals surface area contributed by atoms with Crippen LogP contribution in [-0.4, -0.2) is 17.5 Å². The molecule has 0 spiro atoms. The summed E-state index contributed by atoms with van der Waals surface area (Å²) in [5.74, 6) is 0.709. The number of aromatic nitrogens is 1. The summed E-state index contributed by atoms with van der Waals surface area (Å²) < 4.78 is 7.04. The molecular formula is C24H17NO3. The molecule has 0 radical (unpaired) electrons. The summed E-state index contributed by atoms with van der Waals surface area (Å²) >= 11 is 0. The van der Waals surface area contributed by atoms with Crippen LogP contribution in [0.3, 0.4) is 0 Å². The van der Waals surface area contributed by atoms with Gasteiger partial charge < -0.3 is 9.30 Å². The molecule has 4 heteroatoms. The molecule has 1 aromatic heterocycles. The van der Waals surface area contributed by atoms with Gasteiger partial charge in [0.25, 0.3) is 5.56 Å². The van der Waals surface area contributed by atoms with Crippen molar-refractivity contribution >= 4 is 16.6 Å². The van der Waals surface area contributed by atoms with Crippen LogP contribution in [0.25, 0.3) is 22.0 Å². The summed E-state index contributed by atoms with van der Waals surface area (Å²) in [6.45, 7) is 0.366. The second-order valence-corrected chi connectivity index (χ2v) is 6.89. The topological polar surface area (TPSA) is 48.3 Å². The highest BCUT2D eigenvalue weighted by Crippen LogP contribution is 2.39. The molecule has 0 fully saturated rings. The highest BCUT2D eigenvalue weighted by Gasteiger charge is 2.32. The van der Waals surface area contributed by atoms with E-state index in [0.717, 1.165) is 16.9 Å². The summed E-state index contributed by atoms with van der Waals surface area (Å²) in [7, 11) is 1.62.